The normalized spacial score (nSPS) is 10.7. The third-order valence-corrected chi connectivity index (χ3v) is 4.48. The van der Waals surface area contributed by atoms with E-state index in [9.17, 15) is 4.79 Å². The van der Waals surface area contributed by atoms with Crippen LogP contribution in [0.25, 0.3) is 33.4 Å². The van der Waals surface area contributed by atoms with E-state index in [1.807, 2.05) is 61.6 Å². The zero-order chi connectivity index (χ0) is 18.8. The van der Waals surface area contributed by atoms with E-state index in [1.165, 1.54) is 0 Å². The maximum Gasteiger partial charge on any atom is 0.163 e. The van der Waals surface area contributed by atoms with Gasteiger partial charge in [-0.2, -0.15) is 0 Å². The Morgan fingerprint density at radius 2 is 1.70 bits per heavy atom. The number of hydrogen-bond acceptors (Lipinski definition) is 5. The summed E-state index contributed by atoms with van der Waals surface area (Å²) in [6.45, 7) is 1.57. The molecule has 0 radical (unpaired) electrons. The smallest absolute Gasteiger partial charge is 0.163 e. The number of aromatic nitrogens is 3. The summed E-state index contributed by atoms with van der Waals surface area (Å²) in [5.74, 6) is 1.47. The van der Waals surface area contributed by atoms with Crippen molar-refractivity contribution in [1.82, 2.24) is 15.0 Å². The maximum atomic E-state index is 11.5. The van der Waals surface area contributed by atoms with Crippen LogP contribution in [0.3, 0.4) is 0 Å². The molecular formula is C22H18N4O. The van der Waals surface area contributed by atoms with Crippen LogP contribution in [-0.4, -0.2) is 27.8 Å². The molecule has 4 rings (SSSR count). The second-order valence-electron chi connectivity index (χ2n) is 6.25. The third kappa shape index (κ3) is 3.27. The van der Waals surface area contributed by atoms with Gasteiger partial charge in [-0.05, 0) is 42.3 Å². The molecule has 2 aromatic carbocycles. The molecule has 0 fully saturated rings. The molecule has 5 nitrogen and oxygen atoms in total. The zero-order valence-electron chi connectivity index (χ0n) is 15.1. The lowest BCUT2D eigenvalue weighted by Gasteiger charge is -2.10. The number of benzene rings is 2. The molecule has 0 bridgehead atoms. The summed E-state index contributed by atoms with van der Waals surface area (Å²) < 4.78 is 0. The van der Waals surface area contributed by atoms with E-state index in [1.54, 1.807) is 19.3 Å². The Balaban J connectivity index is 1.84. The minimum atomic E-state index is 0.0626. The average molecular weight is 354 g/mol. The Labute approximate surface area is 157 Å². The first kappa shape index (κ1) is 16.8. The Kier molecular flexibility index (Phi) is 4.34. The van der Waals surface area contributed by atoms with Crippen molar-refractivity contribution < 1.29 is 4.79 Å². The van der Waals surface area contributed by atoms with Gasteiger partial charge in [-0.3, -0.25) is 9.78 Å². The van der Waals surface area contributed by atoms with Crippen LogP contribution in [0, 0.1) is 0 Å². The van der Waals surface area contributed by atoms with Crippen LogP contribution < -0.4 is 5.32 Å². The molecule has 2 aromatic heterocycles. The van der Waals surface area contributed by atoms with E-state index in [2.05, 4.69) is 15.3 Å². The first-order valence-corrected chi connectivity index (χ1v) is 8.67. The number of pyridine rings is 1. The topological polar surface area (TPSA) is 67.8 Å². The van der Waals surface area contributed by atoms with Crippen LogP contribution in [0.5, 0.6) is 0 Å². The fraction of sp³-hybridized carbons (Fsp3) is 0.0909. The number of rotatable bonds is 4. The van der Waals surface area contributed by atoms with Crippen molar-refractivity contribution in [2.45, 2.75) is 6.92 Å². The molecule has 1 N–H and O–H groups in total. The minimum Gasteiger partial charge on any atom is -0.373 e. The van der Waals surface area contributed by atoms with Gasteiger partial charge in [0.1, 0.15) is 5.82 Å². The lowest BCUT2D eigenvalue weighted by Crippen LogP contribution is -1.99. The van der Waals surface area contributed by atoms with Crippen LogP contribution in [0.2, 0.25) is 0 Å². The quantitative estimate of drug-likeness (QED) is 0.542. The molecule has 0 spiro atoms. The van der Waals surface area contributed by atoms with Gasteiger partial charge in [0.2, 0.25) is 0 Å². The highest BCUT2D eigenvalue weighted by atomic mass is 16.1. The van der Waals surface area contributed by atoms with E-state index in [4.69, 9.17) is 4.98 Å². The summed E-state index contributed by atoms with van der Waals surface area (Å²) in [6.07, 6.45) is 3.48. The number of nitrogens with one attached hydrogen (secondary N) is 1. The molecule has 0 aliphatic carbocycles. The highest BCUT2D eigenvalue weighted by molar-refractivity contribution is 5.95. The minimum absolute atomic E-state index is 0.0626. The van der Waals surface area contributed by atoms with Gasteiger partial charge in [0.05, 0.1) is 5.52 Å². The summed E-state index contributed by atoms with van der Waals surface area (Å²) in [5, 5.41) is 4.10. The van der Waals surface area contributed by atoms with Crippen molar-refractivity contribution in [1.29, 1.82) is 0 Å². The molecule has 0 aliphatic rings. The van der Waals surface area contributed by atoms with Crippen LogP contribution >= 0.6 is 0 Å². The largest absolute Gasteiger partial charge is 0.373 e. The standard InChI is InChI=1S/C22H18N4O/c1-14(27)15-5-7-16(8-6-15)17-9-10-19-20(12-17)25-21(26-22(19)23-2)18-4-3-11-24-13-18/h3-13H,1-2H3,(H,23,25,26). The van der Waals surface area contributed by atoms with Gasteiger partial charge in [0.25, 0.3) is 0 Å². The van der Waals surface area contributed by atoms with Crippen molar-refractivity contribution in [3.05, 3.63) is 72.6 Å². The van der Waals surface area contributed by atoms with Crippen molar-refractivity contribution in [3.8, 4) is 22.5 Å². The van der Waals surface area contributed by atoms with E-state index >= 15 is 0 Å². The molecule has 2 heterocycles. The molecule has 0 saturated heterocycles. The second kappa shape index (κ2) is 6.96. The number of carbonyl (C=O) groups excluding carboxylic acids is 1. The molecule has 27 heavy (non-hydrogen) atoms. The molecule has 0 amide bonds. The van der Waals surface area contributed by atoms with Crippen LogP contribution in [-0.2, 0) is 0 Å². The average Bonchev–Trinajstić information content (AvgIpc) is 2.73. The van der Waals surface area contributed by atoms with Gasteiger partial charge >= 0.3 is 0 Å². The van der Waals surface area contributed by atoms with Gasteiger partial charge < -0.3 is 5.32 Å². The molecular weight excluding hydrogens is 336 g/mol. The first-order chi connectivity index (χ1) is 13.2. The Hall–Kier alpha value is -3.60. The third-order valence-electron chi connectivity index (χ3n) is 4.48. The van der Waals surface area contributed by atoms with Crippen LogP contribution in [0.4, 0.5) is 5.82 Å². The summed E-state index contributed by atoms with van der Waals surface area (Å²) in [5.41, 5.74) is 4.50. The number of nitrogens with zero attached hydrogens (tertiary/aromatic N) is 3. The molecule has 5 heteroatoms. The summed E-state index contributed by atoms with van der Waals surface area (Å²) in [6, 6.07) is 17.5. The maximum absolute atomic E-state index is 11.5. The molecule has 0 aliphatic heterocycles. The highest BCUT2D eigenvalue weighted by Crippen LogP contribution is 2.29. The van der Waals surface area contributed by atoms with E-state index in [-0.39, 0.29) is 5.78 Å². The fourth-order valence-electron chi connectivity index (χ4n) is 3.02. The number of fused-ring (bicyclic) bond motifs is 1. The predicted octanol–water partition coefficient (Wildman–Crippen LogP) is 4.60. The predicted molar refractivity (Wildman–Crippen MR) is 108 cm³/mol. The van der Waals surface area contributed by atoms with Crippen LogP contribution in [0.15, 0.2) is 67.0 Å². The molecule has 4 aromatic rings. The zero-order valence-corrected chi connectivity index (χ0v) is 15.1. The monoisotopic (exact) mass is 354 g/mol. The van der Waals surface area contributed by atoms with Gasteiger partial charge in [-0.25, -0.2) is 9.97 Å². The van der Waals surface area contributed by atoms with Gasteiger partial charge in [-0.15, -0.1) is 0 Å². The highest BCUT2D eigenvalue weighted by Gasteiger charge is 2.10. The molecule has 0 atom stereocenters. The van der Waals surface area contributed by atoms with Gasteiger partial charge in [-0.1, -0.05) is 30.3 Å². The van der Waals surface area contributed by atoms with E-state index < -0.39 is 0 Å². The summed E-state index contributed by atoms with van der Waals surface area (Å²) >= 11 is 0. The van der Waals surface area contributed by atoms with E-state index in [0.717, 1.165) is 33.4 Å². The van der Waals surface area contributed by atoms with Crippen molar-refractivity contribution in [3.63, 3.8) is 0 Å². The lowest BCUT2D eigenvalue weighted by atomic mass is 10.0. The number of Topliss-reactive ketones (excluding diaryl/α,β-unsaturated/α-hetero) is 1. The van der Waals surface area contributed by atoms with Gasteiger partial charge in [0, 0.05) is 36.0 Å². The first-order valence-electron chi connectivity index (χ1n) is 8.67. The lowest BCUT2D eigenvalue weighted by molar-refractivity contribution is 0.101. The molecule has 0 unspecified atom stereocenters. The fourth-order valence-corrected chi connectivity index (χ4v) is 3.02. The molecule has 132 valence electrons. The van der Waals surface area contributed by atoms with Crippen molar-refractivity contribution in [2.75, 3.05) is 12.4 Å². The van der Waals surface area contributed by atoms with E-state index in [0.29, 0.717) is 11.4 Å². The second-order valence-corrected chi connectivity index (χ2v) is 6.25. The SMILES string of the molecule is CNc1nc(-c2cccnc2)nc2cc(-c3ccc(C(C)=O)cc3)ccc12. The number of hydrogen-bond donors (Lipinski definition) is 1. The molecule has 0 saturated carbocycles. The summed E-state index contributed by atoms with van der Waals surface area (Å²) in [4.78, 5) is 25.0. The Bertz CT molecular complexity index is 1120. The summed E-state index contributed by atoms with van der Waals surface area (Å²) in [7, 11) is 1.85. The van der Waals surface area contributed by atoms with Crippen LogP contribution in [0.1, 0.15) is 17.3 Å². The number of ketones is 1. The van der Waals surface area contributed by atoms with Gasteiger partial charge in [0.15, 0.2) is 11.6 Å². The Morgan fingerprint density at radius 3 is 2.37 bits per heavy atom. The number of anilines is 1. The Morgan fingerprint density at radius 1 is 0.926 bits per heavy atom. The number of carbonyl (C=O) groups is 1. The van der Waals surface area contributed by atoms with Crippen molar-refractivity contribution >= 4 is 22.5 Å². The van der Waals surface area contributed by atoms with Crippen molar-refractivity contribution in [2.24, 2.45) is 0 Å².